The molecule has 1 aromatic carbocycles. The van der Waals surface area contributed by atoms with Crippen LogP contribution in [0.1, 0.15) is 115 Å². The summed E-state index contributed by atoms with van der Waals surface area (Å²) in [6.45, 7) is 19.8. The second-order valence-corrected chi connectivity index (χ2v) is 16.0. The highest BCUT2D eigenvalue weighted by Crippen LogP contribution is 2.76. The van der Waals surface area contributed by atoms with Gasteiger partial charge in [0.2, 0.25) is 0 Å². The van der Waals surface area contributed by atoms with Gasteiger partial charge in [-0.2, -0.15) is 0 Å². The Hall–Kier alpha value is -1.87. The molecule has 0 heterocycles. The van der Waals surface area contributed by atoms with E-state index in [1.807, 2.05) is 12.1 Å². The molecule has 0 saturated heterocycles. The summed E-state index contributed by atoms with van der Waals surface area (Å²) in [4.78, 5) is 12.0. The fourth-order valence-electron chi connectivity index (χ4n) is 12.2. The van der Waals surface area contributed by atoms with Crippen LogP contribution in [-0.2, 0) is 4.74 Å². The van der Waals surface area contributed by atoms with E-state index in [9.17, 15) is 4.79 Å². The first-order valence-corrected chi connectivity index (χ1v) is 16.1. The lowest BCUT2D eigenvalue weighted by Crippen LogP contribution is -2.67. The standard InChI is InChI=1S/C37H53NO2/c1-23(2)26-15-20-37(38)22-21-35(6)28(31(26)37)13-14-30-34(5)18-16-27(24-9-11-25(12-10-24)32(39)40-8)33(3,4)29(34)17-19-36(30,35)7/h9-12,16,26,28-31H,1,13-15,17-22,38H2,2-8H3/t26-,28+,29-,30+,31?,34-,35+,36+,37-/m0/s1. The number of fused-ring (bicyclic) bond motifs is 7. The normalized spacial score (nSPS) is 45.3. The van der Waals surface area contributed by atoms with Crippen molar-refractivity contribution < 1.29 is 9.53 Å². The molecule has 0 aliphatic heterocycles. The van der Waals surface area contributed by atoms with E-state index in [1.54, 1.807) is 0 Å². The lowest BCUT2D eigenvalue weighted by Gasteiger charge is -2.72. The van der Waals surface area contributed by atoms with Gasteiger partial charge in [-0.1, -0.05) is 65.0 Å². The molecule has 0 amide bonds. The maximum atomic E-state index is 12.0. The number of hydrogen-bond donors (Lipinski definition) is 1. The molecule has 5 aliphatic carbocycles. The van der Waals surface area contributed by atoms with Gasteiger partial charge in [0.05, 0.1) is 12.7 Å². The number of methoxy groups -OCH3 is 1. The second kappa shape index (κ2) is 9.06. The summed E-state index contributed by atoms with van der Waals surface area (Å²) in [6, 6.07) is 8.10. The summed E-state index contributed by atoms with van der Waals surface area (Å²) in [5.74, 6) is 3.03. The van der Waals surface area contributed by atoms with Gasteiger partial charge in [-0.15, -0.1) is 0 Å². The Kier molecular flexibility index (Phi) is 6.40. The van der Waals surface area contributed by atoms with E-state index in [1.165, 1.54) is 75.2 Å². The summed E-state index contributed by atoms with van der Waals surface area (Å²) < 4.78 is 4.93. The molecule has 0 aromatic heterocycles. The Labute approximate surface area is 243 Å². The van der Waals surface area contributed by atoms with Gasteiger partial charge in [0, 0.05) is 5.54 Å². The Balaban J connectivity index is 1.34. The highest BCUT2D eigenvalue weighted by molar-refractivity contribution is 5.89. The zero-order chi connectivity index (χ0) is 28.9. The summed E-state index contributed by atoms with van der Waals surface area (Å²) in [5, 5.41) is 0. The van der Waals surface area contributed by atoms with Crippen LogP contribution >= 0.6 is 0 Å². The number of carbonyl (C=O) groups is 1. The van der Waals surface area contributed by atoms with Gasteiger partial charge in [-0.05, 0) is 139 Å². The number of benzene rings is 1. The van der Waals surface area contributed by atoms with Crippen LogP contribution in [-0.4, -0.2) is 18.6 Å². The topological polar surface area (TPSA) is 52.3 Å². The van der Waals surface area contributed by atoms with Crippen molar-refractivity contribution in [1.29, 1.82) is 0 Å². The maximum Gasteiger partial charge on any atom is 0.337 e. The summed E-state index contributed by atoms with van der Waals surface area (Å²) in [7, 11) is 1.45. The second-order valence-electron chi connectivity index (χ2n) is 16.0. The van der Waals surface area contributed by atoms with E-state index in [2.05, 4.69) is 66.3 Å². The van der Waals surface area contributed by atoms with Crippen LogP contribution in [0.25, 0.3) is 5.57 Å². The average Bonchev–Trinajstić information content (AvgIpc) is 3.26. The minimum atomic E-state index is -0.270. The van der Waals surface area contributed by atoms with E-state index in [4.69, 9.17) is 10.5 Å². The Morgan fingerprint density at radius 2 is 1.60 bits per heavy atom. The van der Waals surface area contributed by atoms with Crippen molar-refractivity contribution in [3.8, 4) is 0 Å². The monoisotopic (exact) mass is 543 g/mol. The molecular weight excluding hydrogens is 490 g/mol. The predicted octanol–water partition coefficient (Wildman–Crippen LogP) is 8.84. The number of allylic oxidation sites excluding steroid dienone is 3. The Morgan fingerprint density at radius 1 is 0.900 bits per heavy atom. The summed E-state index contributed by atoms with van der Waals surface area (Å²) >= 11 is 0. The van der Waals surface area contributed by atoms with E-state index in [-0.39, 0.29) is 16.9 Å². The summed E-state index contributed by atoms with van der Waals surface area (Å²) in [6.07, 6.45) is 13.9. The maximum absolute atomic E-state index is 12.0. The molecule has 0 spiro atoms. The molecule has 3 heteroatoms. The van der Waals surface area contributed by atoms with Crippen molar-refractivity contribution in [1.82, 2.24) is 0 Å². The predicted molar refractivity (Wildman–Crippen MR) is 165 cm³/mol. The SMILES string of the molecule is C=C(C)[C@@H]1CC[C@]2(N)CC[C@]3(C)[C@H](CC[C@@H]4[C@@]5(C)CC=C(c6ccc(C(=O)OC)cc6)C(C)(C)[C@@H]5CC[C@]43C)C12. The molecule has 5 aliphatic rings. The molecule has 4 saturated carbocycles. The molecule has 3 nitrogen and oxygen atoms in total. The number of hydrogen-bond acceptors (Lipinski definition) is 3. The third-order valence-corrected chi connectivity index (χ3v) is 14.3. The van der Waals surface area contributed by atoms with Crippen LogP contribution in [0.15, 0.2) is 42.5 Å². The first-order valence-electron chi connectivity index (χ1n) is 16.1. The zero-order valence-corrected chi connectivity index (χ0v) is 26.2. The third-order valence-electron chi connectivity index (χ3n) is 14.3. The highest BCUT2D eigenvalue weighted by atomic mass is 16.5. The number of ether oxygens (including phenoxy) is 1. The van der Waals surface area contributed by atoms with E-state index in [0.29, 0.717) is 45.5 Å². The van der Waals surface area contributed by atoms with Gasteiger partial charge in [-0.25, -0.2) is 4.79 Å². The molecular formula is C37H53NO2. The lowest BCUT2D eigenvalue weighted by atomic mass is 9.33. The number of esters is 1. The van der Waals surface area contributed by atoms with Crippen LogP contribution in [0.4, 0.5) is 0 Å². The molecule has 4 fully saturated rings. The quantitative estimate of drug-likeness (QED) is 0.306. The number of rotatable bonds is 3. The van der Waals surface area contributed by atoms with Crippen LogP contribution < -0.4 is 5.73 Å². The molecule has 1 aromatic rings. The zero-order valence-electron chi connectivity index (χ0n) is 26.2. The molecule has 0 bridgehead atoms. The Bertz CT molecular complexity index is 1240. The van der Waals surface area contributed by atoms with Gasteiger partial charge in [0.15, 0.2) is 0 Å². The fraction of sp³-hybridized carbons (Fsp3) is 0.703. The Morgan fingerprint density at radius 3 is 2.25 bits per heavy atom. The van der Waals surface area contributed by atoms with Crippen LogP contribution in [0, 0.1) is 51.2 Å². The van der Waals surface area contributed by atoms with Crippen LogP contribution in [0.5, 0.6) is 0 Å². The van der Waals surface area contributed by atoms with Crippen molar-refractivity contribution in [3.63, 3.8) is 0 Å². The van der Waals surface area contributed by atoms with Crippen LogP contribution in [0.3, 0.4) is 0 Å². The van der Waals surface area contributed by atoms with Crippen molar-refractivity contribution in [2.75, 3.05) is 7.11 Å². The molecule has 1 unspecified atom stereocenters. The minimum absolute atomic E-state index is 0.0198. The molecule has 40 heavy (non-hydrogen) atoms. The van der Waals surface area contributed by atoms with Gasteiger partial charge in [0.1, 0.15) is 0 Å². The van der Waals surface area contributed by atoms with Crippen molar-refractivity contribution in [2.24, 2.45) is 57.0 Å². The molecule has 9 atom stereocenters. The van der Waals surface area contributed by atoms with E-state index < -0.39 is 0 Å². The van der Waals surface area contributed by atoms with Gasteiger partial charge >= 0.3 is 5.97 Å². The van der Waals surface area contributed by atoms with Crippen molar-refractivity contribution >= 4 is 11.5 Å². The number of carbonyl (C=O) groups excluding carboxylic acids is 1. The minimum Gasteiger partial charge on any atom is -0.465 e. The highest BCUT2D eigenvalue weighted by Gasteiger charge is 2.70. The fourth-order valence-corrected chi connectivity index (χ4v) is 12.2. The lowest BCUT2D eigenvalue weighted by molar-refractivity contribution is -0.217. The van der Waals surface area contributed by atoms with Crippen molar-refractivity contribution in [3.05, 3.63) is 53.6 Å². The van der Waals surface area contributed by atoms with Crippen molar-refractivity contribution in [2.45, 2.75) is 105 Å². The van der Waals surface area contributed by atoms with Gasteiger partial charge in [0.25, 0.3) is 0 Å². The molecule has 6 rings (SSSR count). The first-order chi connectivity index (χ1) is 18.7. The van der Waals surface area contributed by atoms with E-state index in [0.717, 1.165) is 12.3 Å². The molecule has 2 N–H and O–H groups in total. The largest absolute Gasteiger partial charge is 0.465 e. The number of nitrogens with two attached hydrogens (primary N) is 1. The average molecular weight is 544 g/mol. The molecule has 218 valence electrons. The summed E-state index contributed by atoms with van der Waals surface area (Å²) in [5.41, 5.74) is 13.0. The van der Waals surface area contributed by atoms with Gasteiger partial charge in [-0.3, -0.25) is 0 Å². The molecule has 0 radical (unpaired) electrons. The van der Waals surface area contributed by atoms with Gasteiger partial charge < -0.3 is 10.5 Å². The first kappa shape index (κ1) is 28.3. The van der Waals surface area contributed by atoms with Crippen LogP contribution in [0.2, 0.25) is 0 Å². The smallest absolute Gasteiger partial charge is 0.337 e. The third kappa shape index (κ3) is 3.61. The van der Waals surface area contributed by atoms with E-state index >= 15 is 0 Å².